The number of nitrogens with one attached hydrogen (secondary N) is 1. The number of benzene rings is 3. The molecule has 1 aliphatic rings. The number of thiazole rings is 1. The van der Waals surface area contributed by atoms with Crippen LogP contribution in [-0.2, 0) is 10.0 Å². The number of aromatic nitrogens is 1. The second kappa shape index (κ2) is 8.25. The van der Waals surface area contributed by atoms with Crippen LogP contribution < -0.4 is 14.2 Å². The topological polar surface area (TPSA) is 77.5 Å². The van der Waals surface area contributed by atoms with E-state index < -0.39 is 10.0 Å². The number of hydrogen-bond donors (Lipinski definition) is 1. The summed E-state index contributed by atoms with van der Waals surface area (Å²) >= 11 is 1.29. The molecule has 0 fully saturated rings. The number of ether oxygens (including phenoxy) is 2. The van der Waals surface area contributed by atoms with Crippen molar-refractivity contribution in [3.8, 4) is 33.3 Å². The van der Waals surface area contributed by atoms with Gasteiger partial charge in [0.25, 0.3) is 10.0 Å². The molecule has 1 N–H and O–H groups in total. The van der Waals surface area contributed by atoms with Crippen molar-refractivity contribution in [1.29, 1.82) is 0 Å². The maximum atomic E-state index is 14.2. The van der Waals surface area contributed by atoms with Gasteiger partial charge in [-0.3, -0.25) is 4.72 Å². The molecule has 162 valence electrons. The van der Waals surface area contributed by atoms with Gasteiger partial charge in [-0.05, 0) is 30.3 Å². The Morgan fingerprint density at radius 3 is 2.44 bits per heavy atom. The second-order valence-electron chi connectivity index (χ2n) is 6.97. The number of sulfonamides is 1. The normalized spacial score (nSPS) is 13.0. The third kappa shape index (κ3) is 3.92. The van der Waals surface area contributed by atoms with Gasteiger partial charge in [0.15, 0.2) is 11.5 Å². The highest BCUT2D eigenvalue weighted by atomic mass is 32.2. The Kier molecular flexibility index (Phi) is 5.28. The van der Waals surface area contributed by atoms with Crippen LogP contribution in [0.2, 0.25) is 0 Å². The first-order chi connectivity index (χ1) is 15.5. The van der Waals surface area contributed by atoms with E-state index in [4.69, 9.17) is 9.47 Å². The third-order valence-corrected chi connectivity index (χ3v) is 7.12. The van der Waals surface area contributed by atoms with E-state index >= 15 is 0 Å². The molecule has 0 amide bonds. The van der Waals surface area contributed by atoms with Gasteiger partial charge in [0.05, 0.1) is 16.3 Å². The highest BCUT2D eigenvalue weighted by Gasteiger charge is 2.21. The Hall–Kier alpha value is -3.43. The molecule has 0 atom stereocenters. The molecule has 32 heavy (non-hydrogen) atoms. The smallest absolute Gasteiger partial charge is 0.262 e. The van der Waals surface area contributed by atoms with Crippen molar-refractivity contribution >= 4 is 27.0 Å². The first kappa shape index (κ1) is 20.5. The van der Waals surface area contributed by atoms with E-state index in [-0.39, 0.29) is 10.7 Å². The molecule has 0 saturated heterocycles. The van der Waals surface area contributed by atoms with Crippen LogP contribution in [0, 0.1) is 5.82 Å². The highest BCUT2D eigenvalue weighted by molar-refractivity contribution is 7.92. The van der Waals surface area contributed by atoms with Crippen LogP contribution in [0.5, 0.6) is 11.5 Å². The lowest BCUT2D eigenvalue weighted by atomic mass is 10.1. The first-order valence-corrected chi connectivity index (χ1v) is 12.1. The molecule has 0 radical (unpaired) electrons. The van der Waals surface area contributed by atoms with Crippen molar-refractivity contribution in [2.75, 3.05) is 17.9 Å². The summed E-state index contributed by atoms with van der Waals surface area (Å²) in [5, 5.41) is 2.29. The number of halogens is 1. The van der Waals surface area contributed by atoms with Crippen LogP contribution in [0.15, 0.2) is 77.0 Å². The lowest BCUT2D eigenvalue weighted by Crippen LogP contribution is -2.17. The van der Waals surface area contributed by atoms with Crippen LogP contribution in [-0.4, -0.2) is 26.6 Å². The molecule has 0 unspecified atom stereocenters. The van der Waals surface area contributed by atoms with Crippen molar-refractivity contribution in [3.63, 3.8) is 0 Å². The molecule has 4 aromatic rings. The molecule has 0 bridgehead atoms. The quantitative estimate of drug-likeness (QED) is 0.436. The SMILES string of the molecule is O=S(=O)(Nc1ccccc1-c1csc(-c2ccccc2F)n1)c1ccc2c(c1)OCCO2. The zero-order chi connectivity index (χ0) is 22.1. The van der Waals surface area contributed by atoms with Gasteiger partial charge in [-0.2, -0.15) is 0 Å². The van der Waals surface area contributed by atoms with Crippen molar-refractivity contribution < 1.29 is 22.3 Å². The summed E-state index contributed by atoms with van der Waals surface area (Å²) in [5.41, 5.74) is 1.91. The zero-order valence-corrected chi connectivity index (χ0v) is 18.3. The third-order valence-electron chi connectivity index (χ3n) is 4.88. The van der Waals surface area contributed by atoms with Gasteiger partial charge in [-0.1, -0.05) is 30.3 Å². The summed E-state index contributed by atoms with van der Waals surface area (Å²) in [7, 11) is -3.90. The number of anilines is 1. The first-order valence-electron chi connectivity index (χ1n) is 9.73. The van der Waals surface area contributed by atoms with Crippen LogP contribution in [0.4, 0.5) is 10.1 Å². The zero-order valence-electron chi connectivity index (χ0n) is 16.6. The Balaban J connectivity index is 1.47. The average Bonchev–Trinajstić information content (AvgIpc) is 3.29. The lowest BCUT2D eigenvalue weighted by molar-refractivity contribution is 0.171. The van der Waals surface area contributed by atoms with Crippen molar-refractivity contribution in [1.82, 2.24) is 4.98 Å². The van der Waals surface area contributed by atoms with E-state index in [0.717, 1.165) is 0 Å². The van der Waals surface area contributed by atoms with Crippen LogP contribution in [0.3, 0.4) is 0 Å². The van der Waals surface area contributed by atoms with Crippen molar-refractivity contribution in [3.05, 3.63) is 77.9 Å². The fourth-order valence-electron chi connectivity index (χ4n) is 3.35. The minimum absolute atomic E-state index is 0.0573. The molecule has 0 spiro atoms. The summed E-state index contributed by atoms with van der Waals surface area (Å²) in [5.74, 6) is 0.543. The number of para-hydroxylation sites is 1. The number of hydrogen-bond acceptors (Lipinski definition) is 6. The number of nitrogens with zero attached hydrogens (tertiary/aromatic N) is 1. The summed E-state index contributed by atoms with van der Waals surface area (Å²) < 4.78 is 53.9. The van der Waals surface area contributed by atoms with Gasteiger partial charge in [0.2, 0.25) is 0 Å². The Bertz CT molecular complexity index is 1400. The molecule has 0 saturated carbocycles. The molecule has 9 heteroatoms. The monoisotopic (exact) mass is 468 g/mol. The van der Waals surface area contributed by atoms with Gasteiger partial charge < -0.3 is 9.47 Å². The van der Waals surface area contributed by atoms with Crippen LogP contribution in [0.25, 0.3) is 21.8 Å². The highest BCUT2D eigenvalue weighted by Crippen LogP contribution is 2.36. The standard InChI is InChI=1S/C23H17FN2O4S2/c24-18-7-3-1-5-16(18)23-25-20(14-31-23)17-6-2-4-8-19(17)26-32(27,28)15-9-10-21-22(13-15)30-12-11-29-21/h1-10,13-14,26H,11-12H2. The number of fused-ring (bicyclic) bond motifs is 1. The summed E-state index contributed by atoms with van der Waals surface area (Å²) in [6, 6.07) is 17.8. The van der Waals surface area contributed by atoms with E-state index in [9.17, 15) is 12.8 Å². The minimum atomic E-state index is -3.90. The average molecular weight is 469 g/mol. The fourth-order valence-corrected chi connectivity index (χ4v) is 5.29. The van der Waals surface area contributed by atoms with Gasteiger partial charge in [0, 0.05) is 22.6 Å². The molecule has 1 aromatic heterocycles. The fraction of sp³-hybridized carbons (Fsp3) is 0.0870. The van der Waals surface area contributed by atoms with Gasteiger partial charge in [0.1, 0.15) is 24.0 Å². The molecule has 0 aliphatic carbocycles. The van der Waals surface area contributed by atoms with Gasteiger partial charge in [-0.25, -0.2) is 17.8 Å². The van der Waals surface area contributed by atoms with Crippen LogP contribution >= 0.6 is 11.3 Å². The molecule has 3 aromatic carbocycles. The van der Waals surface area contributed by atoms with E-state index in [1.807, 2.05) is 0 Å². The maximum absolute atomic E-state index is 14.2. The molecule has 5 rings (SSSR count). The van der Waals surface area contributed by atoms with E-state index in [2.05, 4.69) is 9.71 Å². The minimum Gasteiger partial charge on any atom is -0.486 e. The summed E-state index contributed by atoms with van der Waals surface area (Å²) in [6.45, 7) is 0.786. The number of rotatable bonds is 5. The van der Waals surface area contributed by atoms with Gasteiger partial charge >= 0.3 is 0 Å². The molecular weight excluding hydrogens is 451 g/mol. The largest absolute Gasteiger partial charge is 0.486 e. The molecular formula is C23H17FN2O4S2. The van der Waals surface area contributed by atoms with Gasteiger partial charge in [-0.15, -0.1) is 11.3 Å². The second-order valence-corrected chi connectivity index (χ2v) is 9.51. The summed E-state index contributed by atoms with van der Waals surface area (Å²) in [4.78, 5) is 4.60. The van der Waals surface area contributed by atoms with E-state index in [1.54, 1.807) is 53.9 Å². The van der Waals surface area contributed by atoms with Crippen LogP contribution in [0.1, 0.15) is 0 Å². The predicted octanol–water partition coefficient (Wildman–Crippen LogP) is 5.19. The molecule has 2 heterocycles. The summed E-state index contributed by atoms with van der Waals surface area (Å²) in [6.07, 6.45) is 0. The lowest BCUT2D eigenvalue weighted by Gasteiger charge is -2.19. The Morgan fingerprint density at radius 2 is 1.62 bits per heavy atom. The predicted molar refractivity (Wildman–Crippen MR) is 121 cm³/mol. The maximum Gasteiger partial charge on any atom is 0.262 e. The van der Waals surface area contributed by atoms with E-state index in [1.165, 1.54) is 29.5 Å². The Labute approximate surface area is 188 Å². The van der Waals surface area contributed by atoms with E-state index in [0.29, 0.717) is 52.2 Å². The molecule has 1 aliphatic heterocycles. The van der Waals surface area contributed by atoms with Crippen molar-refractivity contribution in [2.24, 2.45) is 0 Å². The van der Waals surface area contributed by atoms with Crippen molar-refractivity contribution in [2.45, 2.75) is 4.90 Å². The Morgan fingerprint density at radius 1 is 0.906 bits per heavy atom. The molecule has 6 nitrogen and oxygen atoms in total.